The summed E-state index contributed by atoms with van der Waals surface area (Å²) in [5.74, 6) is -0.603. The number of ether oxygens (including phenoxy) is 2. The van der Waals surface area contributed by atoms with E-state index in [1.165, 1.54) is 13.2 Å². The number of amides is 4. The van der Waals surface area contributed by atoms with Crippen LogP contribution in [0.4, 0.5) is 10.5 Å². The molecule has 1 N–H and O–H groups in total. The molecule has 1 fully saturated rings. The fraction of sp³-hybridized carbons (Fsp3) is 0.136. The standard InChI is InChI=1S/C22H19BrN2O5/c1-4-9-30-19-17(23)11-14(12-18(19)29-3)10-16-20(26)24-22(28)25(21(16)27)15-7-5-13(2)6-8-15/h4-8,10-12H,1,9H2,2-3H3,(H,24,26,28). The number of carbonyl (C=O) groups excluding carboxylic acids is 3. The van der Waals surface area contributed by atoms with Crippen molar-refractivity contribution in [2.45, 2.75) is 6.92 Å². The SMILES string of the molecule is C=CCOc1c(Br)cc(C=C2C(=O)NC(=O)N(c3ccc(C)cc3)C2=O)cc1OC. The maximum atomic E-state index is 13.0. The number of urea groups is 1. The number of nitrogens with one attached hydrogen (secondary N) is 1. The van der Waals surface area contributed by atoms with Gasteiger partial charge in [-0.05, 0) is 58.8 Å². The van der Waals surface area contributed by atoms with Crippen molar-refractivity contribution in [3.63, 3.8) is 0 Å². The molecule has 2 aromatic carbocycles. The number of benzene rings is 2. The Labute approximate surface area is 182 Å². The van der Waals surface area contributed by atoms with Crippen molar-refractivity contribution in [2.75, 3.05) is 18.6 Å². The Kier molecular flexibility index (Phi) is 6.37. The third-order valence-corrected chi connectivity index (χ3v) is 4.89. The van der Waals surface area contributed by atoms with Gasteiger partial charge >= 0.3 is 6.03 Å². The Morgan fingerprint density at radius 3 is 2.50 bits per heavy atom. The molecule has 0 aliphatic carbocycles. The molecule has 0 saturated carbocycles. The van der Waals surface area contributed by atoms with Gasteiger partial charge in [0.2, 0.25) is 0 Å². The molecule has 1 aliphatic heterocycles. The zero-order valence-corrected chi connectivity index (χ0v) is 18.0. The zero-order chi connectivity index (χ0) is 21.8. The summed E-state index contributed by atoms with van der Waals surface area (Å²) < 4.78 is 11.5. The van der Waals surface area contributed by atoms with Crippen LogP contribution in [0, 0.1) is 6.92 Å². The van der Waals surface area contributed by atoms with Crippen molar-refractivity contribution < 1.29 is 23.9 Å². The van der Waals surface area contributed by atoms with Gasteiger partial charge in [-0.25, -0.2) is 9.69 Å². The van der Waals surface area contributed by atoms with Gasteiger partial charge in [0, 0.05) is 0 Å². The second kappa shape index (κ2) is 8.96. The molecule has 0 atom stereocenters. The number of nitrogens with zero attached hydrogens (tertiary/aromatic N) is 1. The van der Waals surface area contributed by atoms with E-state index in [1.807, 2.05) is 6.92 Å². The minimum Gasteiger partial charge on any atom is -0.493 e. The molecule has 3 rings (SSSR count). The largest absolute Gasteiger partial charge is 0.493 e. The number of methoxy groups -OCH3 is 1. The summed E-state index contributed by atoms with van der Waals surface area (Å²) in [6.45, 7) is 5.79. The van der Waals surface area contributed by atoms with Crippen LogP contribution in [0.2, 0.25) is 0 Å². The van der Waals surface area contributed by atoms with Crippen molar-refractivity contribution in [1.29, 1.82) is 0 Å². The van der Waals surface area contributed by atoms with Crippen molar-refractivity contribution in [3.8, 4) is 11.5 Å². The summed E-state index contributed by atoms with van der Waals surface area (Å²) in [6, 6.07) is 9.36. The summed E-state index contributed by atoms with van der Waals surface area (Å²) in [7, 11) is 1.48. The normalized spacial score (nSPS) is 15.2. The molecule has 0 spiro atoms. The molecule has 0 aromatic heterocycles. The molecule has 2 aromatic rings. The van der Waals surface area contributed by atoms with E-state index in [2.05, 4.69) is 27.8 Å². The van der Waals surface area contributed by atoms with Crippen LogP contribution in [0.1, 0.15) is 11.1 Å². The van der Waals surface area contributed by atoms with E-state index in [-0.39, 0.29) is 12.2 Å². The molecule has 1 aliphatic rings. The van der Waals surface area contributed by atoms with E-state index in [0.29, 0.717) is 27.2 Å². The van der Waals surface area contributed by atoms with Crippen LogP contribution in [0.3, 0.4) is 0 Å². The molecule has 7 nitrogen and oxygen atoms in total. The first-order chi connectivity index (χ1) is 14.3. The second-order valence-electron chi connectivity index (χ2n) is 6.43. The summed E-state index contributed by atoms with van der Waals surface area (Å²) in [4.78, 5) is 38.6. The van der Waals surface area contributed by atoms with Gasteiger partial charge in [0.1, 0.15) is 12.2 Å². The van der Waals surface area contributed by atoms with Gasteiger partial charge in [0.05, 0.1) is 17.3 Å². The van der Waals surface area contributed by atoms with E-state index < -0.39 is 17.8 Å². The first-order valence-electron chi connectivity index (χ1n) is 8.95. The third kappa shape index (κ3) is 4.28. The first kappa shape index (κ1) is 21.3. The Morgan fingerprint density at radius 2 is 1.87 bits per heavy atom. The molecule has 154 valence electrons. The van der Waals surface area contributed by atoms with Gasteiger partial charge in [-0.3, -0.25) is 14.9 Å². The Bertz CT molecular complexity index is 1060. The van der Waals surface area contributed by atoms with Gasteiger partial charge in [-0.15, -0.1) is 0 Å². The van der Waals surface area contributed by atoms with E-state index in [0.717, 1.165) is 10.5 Å². The van der Waals surface area contributed by atoms with Gasteiger partial charge in [0.25, 0.3) is 11.8 Å². The molecule has 0 radical (unpaired) electrons. The fourth-order valence-electron chi connectivity index (χ4n) is 2.86. The lowest BCUT2D eigenvalue weighted by atomic mass is 10.1. The van der Waals surface area contributed by atoms with Crippen LogP contribution in [0.15, 0.2) is 59.1 Å². The first-order valence-corrected chi connectivity index (χ1v) is 9.74. The number of aryl methyl sites for hydroxylation is 1. The van der Waals surface area contributed by atoms with E-state index >= 15 is 0 Å². The van der Waals surface area contributed by atoms with Crippen LogP contribution < -0.4 is 19.7 Å². The fourth-order valence-corrected chi connectivity index (χ4v) is 3.43. The van der Waals surface area contributed by atoms with Crippen LogP contribution in [-0.2, 0) is 9.59 Å². The van der Waals surface area contributed by atoms with Gasteiger partial charge in [0.15, 0.2) is 11.5 Å². The highest BCUT2D eigenvalue weighted by atomic mass is 79.9. The number of hydrogen-bond acceptors (Lipinski definition) is 5. The number of halogens is 1. The number of barbiturate groups is 1. The van der Waals surface area contributed by atoms with Gasteiger partial charge in [-0.1, -0.05) is 30.4 Å². The number of anilines is 1. The summed E-state index contributed by atoms with van der Waals surface area (Å²) in [5.41, 5.74) is 1.69. The molecular weight excluding hydrogens is 452 g/mol. The van der Waals surface area contributed by atoms with E-state index in [9.17, 15) is 14.4 Å². The predicted octanol–water partition coefficient (Wildman–Crippen LogP) is 4.00. The van der Waals surface area contributed by atoms with E-state index in [1.54, 1.807) is 42.5 Å². The molecule has 8 heteroatoms. The van der Waals surface area contributed by atoms with Gasteiger partial charge < -0.3 is 9.47 Å². The number of hydrogen-bond donors (Lipinski definition) is 1. The molecule has 30 heavy (non-hydrogen) atoms. The highest BCUT2D eigenvalue weighted by molar-refractivity contribution is 9.10. The maximum absolute atomic E-state index is 13.0. The smallest absolute Gasteiger partial charge is 0.335 e. The van der Waals surface area contributed by atoms with Crippen LogP contribution >= 0.6 is 15.9 Å². The molecule has 4 amide bonds. The monoisotopic (exact) mass is 470 g/mol. The molecule has 0 bridgehead atoms. The van der Waals surface area contributed by atoms with E-state index in [4.69, 9.17) is 9.47 Å². The van der Waals surface area contributed by atoms with Crippen molar-refractivity contribution in [2.24, 2.45) is 0 Å². The average molecular weight is 471 g/mol. The minimum atomic E-state index is -0.794. The van der Waals surface area contributed by atoms with Crippen molar-refractivity contribution in [1.82, 2.24) is 5.32 Å². The third-order valence-electron chi connectivity index (χ3n) is 4.30. The number of carbonyl (C=O) groups is 3. The lowest BCUT2D eigenvalue weighted by molar-refractivity contribution is -0.122. The second-order valence-corrected chi connectivity index (χ2v) is 7.28. The molecular formula is C22H19BrN2O5. The molecule has 1 heterocycles. The topological polar surface area (TPSA) is 84.9 Å². The number of rotatable bonds is 6. The Balaban J connectivity index is 2.01. The van der Waals surface area contributed by atoms with Gasteiger partial charge in [-0.2, -0.15) is 0 Å². The highest BCUT2D eigenvalue weighted by Crippen LogP contribution is 2.37. The summed E-state index contributed by atoms with van der Waals surface area (Å²) in [5, 5.41) is 2.21. The summed E-state index contributed by atoms with van der Waals surface area (Å²) in [6.07, 6.45) is 3.00. The van der Waals surface area contributed by atoms with Crippen molar-refractivity contribution in [3.05, 3.63) is 70.2 Å². The van der Waals surface area contributed by atoms with Crippen LogP contribution in [0.25, 0.3) is 6.08 Å². The highest BCUT2D eigenvalue weighted by Gasteiger charge is 2.36. The predicted molar refractivity (Wildman–Crippen MR) is 117 cm³/mol. The minimum absolute atomic E-state index is 0.177. The average Bonchev–Trinajstić information content (AvgIpc) is 2.71. The number of imide groups is 2. The molecule has 1 saturated heterocycles. The summed E-state index contributed by atoms with van der Waals surface area (Å²) >= 11 is 3.41. The Morgan fingerprint density at radius 1 is 1.17 bits per heavy atom. The van der Waals surface area contributed by atoms with Crippen LogP contribution in [-0.4, -0.2) is 31.6 Å². The van der Waals surface area contributed by atoms with Crippen LogP contribution in [0.5, 0.6) is 11.5 Å². The maximum Gasteiger partial charge on any atom is 0.335 e. The zero-order valence-electron chi connectivity index (χ0n) is 16.4. The molecule has 0 unspecified atom stereocenters. The lowest BCUT2D eigenvalue weighted by Crippen LogP contribution is -2.54. The van der Waals surface area contributed by atoms with Crippen molar-refractivity contribution >= 4 is 45.5 Å². The quantitative estimate of drug-likeness (QED) is 0.391. The Hall–Kier alpha value is -3.39. The lowest BCUT2D eigenvalue weighted by Gasteiger charge is -2.26.